The molecule has 4 heteroatoms. The fraction of sp³-hybridized carbons (Fsp3) is 0.400. The van der Waals surface area contributed by atoms with Gasteiger partial charge in [-0.25, -0.2) is 4.79 Å². The Bertz CT molecular complexity index is 1140. The molecule has 0 N–H and O–H groups in total. The average Bonchev–Trinajstić information content (AvgIpc) is 2.73. The zero-order valence-electron chi connectivity index (χ0n) is 17.4. The van der Waals surface area contributed by atoms with E-state index in [2.05, 4.69) is 56.0 Å². The van der Waals surface area contributed by atoms with E-state index in [1.165, 1.54) is 11.1 Å². The Hall–Kier alpha value is -2.75. The molecule has 1 aromatic heterocycles. The van der Waals surface area contributed by atoms with Gasteiger partial charge in [0.1, 0.15) is 11.3 Å². The van der Waals surface area contributed by atoms with Crippen LogP contribution in [0, 0.1) is 0 Å². The summed E-state index contributed by atoms with van der Waals surface area (Å²) < 4.78 is 11.9. The Morgan fingerprint density at radius 3 is 2.34 bits per heavy atom. The van der Waals surface area contributed by atoms with Gasteiger partial charge >= 0.3 is 5.63 Å². The van der Waals surface area contributed by atoms with Gasteiger partial charge in [0.2, 0.25) is 0 Å². The first kappa shape index (κ1) is 18.3. The molecule has 0 unspecified atom stereocenters. The minimum Gasteiger partial charge on any atom is -0.473 e. The Balaban J connectivity index is 1.56. The number of anilines is 1. The number of ether oxygens (including phenoxy) is 1. The van der Waals surface area contributed by atoms with Gasteiger partial charge in [-0.1, -0.05) is 32.9 Å². The largest absolute Gasteiger partial charge is 0.473 e. The van der Waals surface area contributed by atoms with E-state index in [0.29, 0.717) is 18.9 Å². The first-order valence-electron chi connectivity index (χ1n) is 10.5. The SMILES string of the molecule is CC(C)(C)c1ccc(N2COc3ccc4c5c(c(=O)oc4c3C2)CCCC5)cc1. The van der Waals surface area contributed by atoms with Crippen molar-refractivity contribution in [3.63, 3.8) is 0 Å². The molecular weight excluding hydrogens is 362 g/mol. The summed E-state index contributed by atoms with van der Waals surface area (Å²) in [4.78, 5) is 14.8. The summed E-state index contributed by atoms with van der Waals surface area (Å²) >= 11 is 0. The van der Waals surface area contributed by atoms with Gasteiger partial charge in [-0.3, -0.25) is 0 Å². The van der Waals surface area contributed by atoms with Crippen molar-refractivity contribution < 1.29 is 9.15 Å². The van der Waals surface area contributed by atoms with Crippen molar-refractivity contribution in [1.29, 1.82) is 0 Å². The van der Waals surface area contributed by atoms with Crippen LogP contribution in [-0.4, -0.2) is 6.73 Å². The Kier molecular flexibility index (Phi) is 4.19. The van der Waals surface area contributed by atoms with E-state index in [0.717, 1.165) is 53.6 Å². The van der Waals surface area contributed by atoms with E-state index in [1.807, 2.05) is 6.07 Å². The molecule has 1 aliphatic heterocycles. The summed E-state index contributed by atoms with van der Waals surface area (Å²) in [6.45, 7) is 7.82. The predicted octanol–water partition coefficient (Wildman–Crippen LogP) is 5.33. The van der Waals surface area contributed by atoms with Gasteiger partial charge < -0.3 is 14.1 Å². The van der Waals surface area contributed by atoms with Crippen LogP contribution in [0.5, 0.6) is 5.75 Å². The van der Waals surface area contributed by atoms with Crippen molar-refractivity contribution in [2.24, 2.45) is 0 Å². The molecule has 0 fully saturated rings. The molecular formula is C25H27NO3. The summed E-state index contributed by atoms with van der Waals surface area (Å²) in [5.41, 5.74) is 6.09. The fourth-order valence-electron chi connectivity index (χ4n) is 4.55. The molecule has 29 heavy (non-hydrogen) atoms. The van der Waals surface area contributed by atoms with Crippen LogP contribution in [0.3, 0.4) is 0 Å². The van der Waals surface area contributed by atoms with Crippen LogP contribution in [0.2, 0.25) is 0 Å². The van der Waals surface area contributed by atoms with Crippen LogP contribution in [0.25, 0.3) is 11.0 Å². The van der Waals surface area contributed by atoms with Crippen LogP contribution in [0.15, 0.2) is 45.6 Å². The summed E-state index contributed by atoms with van der Waals surface area (Å²) in [5, 5.41) is 1.08. The van der Waals surface area contributed by atoms with Gasteiger partial charge in [0.05, 0.1) is 12.1 Å². The topological polar surface area (TPSA) is 42.7 Å². The van der Waals surface area contributed by atoms with Crippen LogP contribution in [-0.2, 0) is 24.8 Å². The zero-order valence-corrected chi connectivity index (χ0v) is 17.4. The molecule has 1 aliphatic carbocycles. The van der Waals surface area contributed by atoms with Gasteiger partial charge in [0, 0.05) is 16.6 Å². The second-order valence-electron chi connectivity index (χ2n) is 9.24. The predicted molar refractivity (Wildman–Crippen MR) is 116 cm³/mol. The minimum absolute atomic E-state index is 0.127. The average molecular weight is 389 g/mol. The minimum atomic E-state index is -0.174. The smallest absolute Gasteiger partial charge is 0.339 e. The molecule has 0 radical (unpaired) electrons. The van der Waals surface area contributed by atoms with Gasteiger partial charge in [-0.15, -0.1) is 0 Å². The summed E-state index contributed by atoms with van der Waals surface area (Å²) in [7, 11) is 0. The van der Waals surface area contributed by atoms with Gasteiger partial charge in [-0.2, -0.15) is 0 Å². The van der Waals surface area contributed by atoms with Crippen molar-refractivity contribution in [2.45, 2.75) is 58.4 Å². The number of benzene rings is 2. The van der Waals surface area contributed by atoms with Crippen LogP contribution >= 0.6 is 0 Å². The van der Waals surface area contributed by atoms with Crippen LogP contribution in [0.4, 0.5) is 5.69 Å². The Labute approximate surface area is 171 Å². The van der Waals surface area contributed by atoms with Crippen molar-refractivity contribution >= 4 is 16.7 Å². The molecule has 5 rings (SSSR count). The zero-order chi connectivity index (χ0) is 20.2. The van der Waals surface area contributed by atoms with Gasteiger partial charge in [-0.05, 0) is 66.5 Å². The lowest BCUT2D eigenvalue weighted by Crippen LogP contribution is -2.32. The van der Waals surface area contributed by atoms with E-state index < -0.39 is 0 Å². The monoisotopic (exact) mass is 389 g/mol. The number of nitrogens with zero attached hydrogens (tertiary/aromatic N) is 1. The molecule has 0 saturated heterocycles. The molecule has 2 aromatic carbocycles. The first-order valence-corrected chi connectivity index (χ1v) is 10.5. The van der Waals surface area contributed by atoms with Crippen molar-refractivity contribution in [3.05, 3.63) is 69.1 Å². The van der Waals surface area contributed by atoms with Crippen molar-refractivity contribution in [2.75, 3.05) is 11.6 Å². The number of aryl methyl sites for hydroxylation is 1. The van der Waals surface area contributed by atoms with E-state index >= 15 is 0 Å². The molecule has 3 aromatic rings. The molecule has 4 nitrogen and oxygen atoms in total. The van der Waals surface area contributed by atoms with Crippen LogP contribution in [0.1, 0.15) is 55.9 Å². The lowest BCUT2D eigenvalue weighted by Gasteiger charge is -2.32. The van der Waals surface area contributed by atoms with Gasteiger partial charge in [0.25, 0.3) is 0 Å². The highest BCUT2D eigenvalue weighted by molar-refractivity contribution is 5.86. The lowest BCUT2D eigenvalue weighted by molar-refractivity contribution is 0.289. The van der Waals surface area contributed by atoms with Crippen molar-refractivity contribution in [3.8, 4) is 5.75 Å². The molecule has 0 bridgehead atoms. The van der Waals surface area contributed by atoms with E-state index in [1.54, 1.807) is 0 Å². The quantitative estimate of drug-likeness (QED) is 0.528. The summed E-state index contributed by atoms with van der Waals surface area (Å²) in [5.74, 6) is 0.818. The van der Waals surface area contributed by atoms with Crippen LogP contribution < -0.4 is 15.3 Å². The molecule has 2 aliphatic rings. The highest BCUT2D eigenvalue weighted by atomic mass is 16.5. The van der Waals surface area contributed by atoms with E-state index in [4.69, 9.17) is 9.15 Å². The molecule has 0 saturated carbocycles. The van der Waals surface area contributed by atoms with E-state index in [-0.39, 0.29) is 11.0 Å². The molecule has 2 heterocycles. The number of hydrogen-bond acceptors (Lipinski definition) is 4. The maximum absolute atomic E-state index is 12.6. The maximum atomic E-state index is 12.6. The molecule has 0 amide bonds. The fourth-order valence-corrected chi connectivity index (χ4v) is 4.55. The number of hydrogen-bond donors (Lipinski definition) is 0. The van der Waals surface area contributed by atoms with Crippen molar-refractivity contribution in [1.82, 2.24) is 0 Å². The molecule has 0 spiro atoms. The second-order valence-corrected chi connectivity index (χ2v) is 9.24. The Morgan fingerprint density at radius 2 is 1.62 bits per heavy atom. The second kappa shape index (κ2) is 6.65. The maximum Gasteiger partial charge on any atom is 0.339 e. The molecule has 150 valence electrons. The number of fused-ring (bicyclic) bond motifs is 5. The third-order valence-corrected chi connectivity index (χ3v) is 6.27. The van der Waals surface area contributed by atoms with E-state index in [9.17, 15) is 4.79 Å². The Morgan fingerprint density at radius 1 is 0.897 bits per heavy atom. The normalized spacial score (nSPS) is 16.3. The van der Waals surface area contributed by atoms with Gasteiger partial charge in [0.15, 0.2) is 6.73 Å². The number of rotatable bonds is 1. The lowest BCUT2D eigenvalue weighted by atomic mass is 9.87. The summed E-state index contributed by atoms with van der Waals surface area (Å²) in [6.07, 6.45) is 3.98. The third kappa shape index (κ3) is 3.11. The summed E-state index contributed by atoms with van der Waals surface area (Å²) in [6, 6.07) is 12.8. The first-order chi connectivity index (χ1) is 13.9. The third-order valence-electron chi connectivity index (χ3n) is 6.27. The standard InChI is InChI=1S/C25H27NO3/c1-25(2,3)16-8-10-17(11-9-16)26-14-21-22(28-15-26)13-12-19-18-6-4-5-7-20(18)24(27)29-23(19)21/h8-13H,4-7,14-15H2,1-3H3. The molecule has 0 atom stereocenters. The highest BCUT2D eigenvalue weighted by Gasteiger charge is 2.25. The highest BCUT2D eigenvalue weighted by Crippen LogP contribution is 2.37.